The highest BCUT2D eigenvalue weighted by Crippen LogP contribution is 2.40. The number of fused-ring (bicyclic) bond motifs is 1. The first-order valence-electron chi connectivity index (χ1n) is 6.86. The summed E-state index contributed by atoms with van der Waals surface area (Å²) in [5.74, 6) is 0. The maximum Gasteiger partial charge on any atom is 0.0369 e. The standard InChI is InChI=1S/C15H24N2/c1-3-9-17(10-4-2)15-11-14(16)12-7-5-6-8-13(12)15/h5-8,14-15H,3-4,9-11,16H2,1-2H3. The van der Waals surface area contributed by atoms with Crippen LogP contribution in [0.25, 0.3) is 0 Å². The summed E-state index contributed by atoms with van der Waals surface area (Å²) < 4.78 is 0. The lowest BCUT2D eigenvalue weighted by atomic mass is 10.1. The highest BCUT2D eigenvalue weighted by atomic mass is 15.2. The summed E-state index contributed by atoms with van der Waals surface area (Å²) in [6.45, 7) is 6.87. The largest absolute Gasteiger partial charge is 0.324 e. The van der Waals surface area contributed by atoms with E-state index in [1.54, 1.807) is 0 Å². The van der Waals surface area contributed by atoms with E-state index in [0.717, 1.165) is 6.42 Å². The van der Waals surface area contributed by atoms with E-state index >= 15 is 0 Å². The zero-order valence-electron chi connectivity index (χ0n) is 11.0. The van der Waals surface area contributed by atoms with Gasteiger partial charge >= 0.3 is 0 Å². The van der Waals surface area contributed by atoms with Crippen LogP contribution in [0.5, 0.6) is 0 Å². The van der Waals surface area contributed by atoms with Crippen molar-refractivity contribution in [3.8, 4) is 0 Å². The molecule has 2 atom stereocenters. The molecule has 0 aromatic heterocycles. The van der Waals surface area contributed by atoms with Crippen LogP contribution in [0, 0.1) is 0 Å². The van der Waals surface area contributed by atoms with Crippen LogP contribution in [0.2, 0.25) is 0 Å². The van der Waals surface area contributed by atoms with Gasteiger partial charge in [-0.15, -0.1) is 0 Å². The Morgan fingerprint density at radius 1 is 1.12 bits per heavy atom. The molecule has 0 fully saturated rings. The second-order valence-corrected chi connectivity index (χ2v) is 5.02. The van der Waals surface area contributed by atoms with Crippen LogP contribution >= 0.6 is 0 Å². The first-order valence-corrected chi connectivity index (χ1v) is 6.86. The van der Waals surface area contributed by atoms with Gasteiger partial charge in [0.05, 0.1) is 0 Å². The van der Waals surface area contributed by atoms with Crippen molar-refractivity contribution >= 4 is 0 Å². The molecule has 0 amide bonds. The van der Waals surface area contributed by atoms with Crippen molar-refractivity contribution < 1.29 is 0 Å². The lowest BCUT2D eigenvalue weighted by Crippen LogP contribution is -2.29. The lowest BCUT2D eigenvalue weighted by Gasteiger charge is -2.29. The van der Waals surface area contributed by atoms with Gasteiger partial charge in [-0.3, -0.25) is 4.90 Å². The van der Waals surface area contributed by atoms with E-state index < -0.39 is 0 Å². The number of hydrogen-bond donors (Lipinski definition) is 1. The molecule has 2 heteroatoms. The van der Waals surface area contributed by atoms with Crippen molar-refractivity contribution in [2.45, 2.75) is 45.2 Å². The molecule has 1 aromatic rings. The third kappa shape index (κ3) is 2.53. The molecule has 0 heterocycles. The van der Waals surface area contributed by atoms with Crippen molar-refractivity contribution in [2.75, 3.05) is 13.1 Å². The van der Waals surface area contributed by atoms with E-state index in [4.69, 9.17) is 5.73 Å². The minimum atomic E-state index is 0.229. The molecule has 2 rings (SSSR count). The fourth-order valence-corrected chi connectivity index (χ4v) is 2.99. The third-order valence-electron chi connectivity index (χ3n) is 3.69. The number of nitrogens with two attached hydrogens (primary N) is 1. The zero-order chi connectivity index (χ0) is 12.3. The molecule has 1 aliphatic rings. The van der Waals surface area contributed by atoms with Crippen LogP contribution in [-0.4, -0.2) is 18.0 Å². The van der Waals surface area contributed by atoms with Crippen LogP contribution in [0.3, 0.4) is 0 Å². The molecule has 2 nitrogen and oxygen atoms in total. The van der Waals surface area contributed by atoms with Gasteiger partial charge in [-0.2, -0.15) is 0 Å². The number of rotatable bonds is 5. The van der Waals surface area contributed by atoms with Crippen molar-refractivity contribution in [1.82, 2.24) is 4.90 Å². The monoisotopic (exact) mass is 232 g/mol. The molecule has 1 aromatic carbocycles. The van der Waals surface area contributed by atoms with Gasteiger partial charge in [0.15, 0.2) is 0 Å². The van der Waals surface area contributed by atoms with E-state index in [1.807, 2.05) is 0 Å². The second-order valence-electron chi connectivity index (χ2n) is 5.02. The van der Waals surface area contributed by atoms with Crippen molar-refractivity contribution in [3.63, 3.8) is 0 Å². The van der Waals surface area contributed by atoms with E-state index in [-0.39, 0.29) is 6.04 Å². The van der Waals surface area contributed by atoms with E-state index in [9.17, 15) is 0 Å². The fraction of sp³-hybridized carbons (Fsp3) is 0.600. The molecule has 0 bridgehead atoms. The van der Waals surface area contributed by atoms with Crippen LogP contribution in [-0.2, 0) is 0 Å². The normalized spacial score (nSPS) is 23.1. The molecule has 0 saturated carbocycles. The minimum absolute atomic E-state index is 0.229. The highest BCUT2D eigenvalue weighted by molar-refractivity contribution is 5.37. The van der Waals surface area contributed by atoms with E-state index in [1.165, 1.54) is 37.1 Å². The third-order valence-corrected chi connectivity index (χ3v) is 3.69. The molecule has 2 N–H and O–H groups in total. The summed E-state index contributed by atoms with van der Waals surface area (Å²) in [7, 11) is 0. The Labute approximate surface area is 105 Å². The quantitative estimate of drug-likeness (QED) is 0.844. The molecule has 0 spiro atoms. The van der Waals surface area contributed by atoms with Gasteiger partial charge in [0.2, 0.25) is 0 Å². The van der Waals surface area contributed by atoms with Gasteiger partial charge in [0.25, 0.3) is 0 Å². The van der Waals surface area contributed by atoms with Gasteiger partial charge < -0.3 is 5.73 Å². The van der Waals surface area contributed by atoms with Crippen LogP contribution in [0.15, 0.2) is 24.3 Å². The van der Waals surface area contributed by atoms with E-state index in [0.29, 0.717) is 6.04 Å². The van der Waals surface area contributed by atoms with Crippen molar-refractivity contribution in [2.24, 2.45) is 5.73 Å². The maximum atomic E-state index is 6.24. The summed E-state index contributed by atoms with van der Waals surface area (Å²) in [5.41, 5.74) is 9.06. The Hall–Kier alpha value is -0.860. The van der Waals surface area contributed by atoms with Gasteiger partial charge in [-0.25, -0.2) is 0 Å². The zero-order valence-corrected chi connectivity index (χ0v) is 11.0. The molecule has 2 unspecified atom stereocenters. The van der Waals surface area contributed by atoms with Gasteiger partial charge in [0.1, 0.15) is 0 Å². The second kappa shape index (κ2) is 5.65. The molecule has 0 radical (unpaired) electrons. The van der Waals surface area contributed by atoms with Crippen LogP contribution < -0.4 is 5.73 Å². The molecule has 17 heavy (non-hydrogen) atoms. The van der Waals surface area contributed by atoms with E-state index in [2.05, 4.69) is 43.0 Å². The molecular formula is C15H24N2. The summed E-state index contributed by atoms with van der Waals surface area (Å²) >= 11 is 0. The fourth-order valence-electron chi connectivity index (χ4n) is 2.99. The average molecular weight is 232 g/mol. The van der Waals surface area contributed by atoms with Crippen molar-refractivity contribution in [1.29, 1.82) is 0 Å². The number of nitrogens with zero attached hydrogens (tertiary/aromatic N) is 1. The Balaban J connectivity index is 2.22. The first-order chi connectivity index (χ1) is 8.27. The lowest BCUT2D eigenvalue weighted by molar-refractivity contribution is 0.192. The first kappa shape index (κ1) is 12.6. The Morgan fingerprint density at radius 3 is 2.29 bits per heavy atom. The summed E-state index contributed by atoms with van der Waals surface area (Å²) in [6.07, 6.45) is 3.52. The molecule has 0 saturated heterocycles. The average Bonchev–Trinajstić information content (AvgIpc) is 2.67. The Morgan fingerprint density at radius 2 is 1.71 bits per heavy atom. The Kier molecular flexibility index (Phi) is 4.19. The SMILES string of the molecule is CCCN(CCC)C1CC(N)c2ccccc21. The molecule has 1 aliphatic carbocycles. The topological polar surface area (TPSA) is 29.3 Å². The Bertz CT molecular complexity index is 356. The minimum Gasteiger partial charge on any atom is -0.324 e. The molecule has 94 valence electrons. The molecule has 0 aliphatic heterocycles. The number of hydrogen-bond acceptors (Lipinski definition) is 2. The smallest absolute Gasteiger partial charge is 0.0369 e. The van der Waals surface area contributed by atoms with Crippen LogP contribution in [0.4, 0.5) is 0 Å². The highest BCUT2D eigenvalue weighted by Gasteiger charge is 2.31. The predicted octanol–water partition coefficient (Wildman–Crippen LogP) is 3.25. The van der Waals surface area contributed by atoms with Crippen molar-refractivity contribution in [3.05, 3.63) is 35.4 Å². The summed E-state index contributed by atoms with van der Waals surface area (Å²) in [6, 6.07) is 9.46. The van der Waals surface area contributed by atoms with Gasteiger partial charge in [-0.05, 0) is 43.5 Å². The van der Waals surface area contributed by atoms with Crippen LogP contribution in [0.1, 0.15) is 56.3 Å². The van der Waals surface area contributed by atoms with Gasteiger partial charge in [0, 0.05) is 12.1 Å². The predicted molar refractivity (Wildman–Crippen MR) is 72.9 cm³/mol. The van der Waals surface area contributed by atoms with Gasteiger partial charge in [-0.1, -0.05) is 38.1 Å². The molecular weight excluding hydrogens is 208 g/mol. The summed E-state index contributed by atoms with van der Waals surface area (Å²) in [5, 5.41) is 0. The number of benzene rings is 1. The maximum absolute atomic E-state index is 6.24. The summed E-state index contributed by atoms with van der Waals surface area (Å²) in [4.78, 5) is 2.60.